The summed E-state index contributed by atoms with van der Waals surface area (Å²) >= 11 is 2.53. The second kappa shape index (κ2) is 8.28. The summed E-state index contributed by atoms with van der Waals surface area (Å²) in [6.07, 6.45) is 0. The number of para-hydroxylation sites is 2. The Bertz CT molecular complexity index is 871. The quantitative estimate of drug-likeness (QED) is 0.591. The predicted molar refractivity (Wildman–Crippen MR) is 94.6 cm³/mol. The SMILES string of the molecule is CC(Sc1nnc(-c2cccs2)o1)C(=O)Nc1ccccc1OC(F)F. The monoisotopic (exact) mass is 397 g/mol. The van der Waals surface area contributed by atoms with Gasteiger partial charge in [0, 0.05) is 0 Å². The molecule has 0 saturated heterocycles. The molecule has 1 amide bonds. The maximum absolute atomic E-state index is 12.4. The Kier molecular flexibility index (Phi) is 5.84. The lowest BCUT2D eigenvalue weighted by Crippen LogP contribution is -2.23. The number of aromatic nitrogens is 2. The number of amides is 1. The highest BCUT2D eigenvalue weighted by atomic mass is 32.2. The molecule has 1 N–H and O–H groups in total. The van der Waals surface area contributed by atoms with Gasteiger partial charge in [0.15, 0.2) is 0 Å². The molecule has 1 aromatic carbocycles. The molecule has 136 valence electrons. The van der Waals surface area contributed by atoms with Crippen LogP contribution in [0.5, 0.6) is 5.75 Å². The summed E-state index contributed by atoms with van der Waals surface area (Å²) < 4.78 is 34.8. The van der Waals surface area contributed by atoms with Crippen molar-refractivity contribution >= 4 is 34.7 Å². The van der Waals surface area contributed by atoms with Gasteiger partial charge in [0.05, 0.1) is 15.8 Å². The highest BCUT2D eigenvalue weighted by Crippen LogP contribution is 2.30. The molecule has 0 spiro atoms. The Morgan fingerprint density at radius 3 is 2.81 bits per heavy atom. The van der Waals surface area contributed by atoms with Crippen LogP contribution in [0, 0.1) is 0 Å². The molecule has 3 aromatic rings. The van der Waals surface area contributed by atoms with Crippen molar-refractivity contribution < 1.29 is 22.7 Å². The number of carbonyl (C=O) groups is 1. The standard InChI is InChI=1S/C16H13F2N3O3S2/c1-9(26-16-21-20-14(24-16)12-7-4-8-25-12)13(22)19-10-5-2-3-6-11(10)23-15(17)18/h2-9,15H,1H3,(H,19,22). The van der Waals surface area contributed by atoms with Crippen LogP contribution < -0.4 is 10.1 Å². The van der Waals surface area contributed by atoms with Gasteiger partial charge in [-0.15, -0.1) is 21.5 Å². The Morgan fingerprint density at radius 1 is 1.27 bits per heavy atom. The predicted octanol–water partition coefficient (Wildman–Crippen LogP) is 4.52. The van der Waals surface area contributed by atoms with Gasteiger partial charge < -0.3 is 14.5 Å². The van der Waals surface area contributed by atoms with Crippen LogP contribution in [0.4, 0.5) is 14.5 Å². The van der Waals surface area contributed by atoms with Crippen LogP contribution >= 0.6 is 23.1 Å². The van der Waals surface area contributed by atoms with E-state index in [4.69, 9.17) is 4.42 Å². The van der Waals surface area contributed by atoms with Gasteiger partial charge in [-0.1, -0.05) is 30.0 Å². The molecule has 0 bridgehead atoms. The minimum absolute atomic E-state index is 0.106. The van der Waals surface area contributed by atoms with Crippen LogP contribution in [-0.4, -0.2) is 28.0 Å². The first-order chi connectivity index (χ1) is 12.5. The van der Waals surface area contributed by atoms with E-state index in [1.807, 2.05) is 17.5 Å². The van der Waals surface area contributed by atoms with Crippen LogP contribution in [0.1, 0.15) is 6.92 Å². The Morgan fingerprint density at radius 2 is 2.08 bits per heavy atom. The third-order valence-electron chi connectivity index (χ3n) is 3.15. The summed E-state index contributed by atoms with van der Waals surface area (Å²) in [5, 5.41) is 12.0. The van der Waals surface area contributed by atoms with Crippen molar-refractivity contribution in [3.05, 3.63) is 41.8 Å². The average molecular weight is 397 g/mol. The number of nitrogens with zero attached hydrogens (tertiary/aromatic N) is 2. The topological polar surface area (TPSA) is 77.2 Å². The van der Waals surface area contributed by atoms with E-state index in [0.29, 0.717) is 5.89 Å². The smallest absolute Gasteiger partial charge is 0.387 e. The van der Waals surface area contributed by atoms with Gasteiger partial charge in [-0.05, 0) is 30.5 Å². The van der Waals surface area contributed by atoms with Crippen LogP contribution in [0.15, 0.2) is 51.4 Å². The summed E-state index contributed by atoms with van der Waals surface area (Å²) in [5.74, 6) is -0.132. The summed E-state index contributed by atoms with van der Waals surface area (Å²) in [4.78, 5) is 13.2. The fourth-order valence-corrected chi connectivity index (χ4v) is 3.29. The van der Waals surface area contributed by atoms with Crippen molar-refractivity contribution in [2.75, 3.05) is 5.32 Å². The number of thiophene rings is 1. The van der Waals surface area contributed by atoms with Crippen LogP contribution in [0.3, 0.4) is 0 Å². The van der Waals surface area contributed by atoms with Gasteiger partial charge in [0.25, 0.3) is 11.1 Å². The average Bonchev–Trinajstić information content (AvgIpc) is 3.27. The number of alkyl halides is 2. The van der Waals surface area contributed by atoms with E-state index in [0.717, 1.165) is 16.6 Å². The molecule has 6 nitrogen and oxygen atoms in total. The zero-order valence-electron chi connectivity index (χ0n) is 13.4. The van der Waals surface area contributed by atoms with Gasteiger partial charge in [-0.2, -0.15) is 8.78 Å². The first-order valence-electron chi connectivity index (χ1n) is 7.41. The van der Waals surface area contributed by atoms with Gasteiger partial charge in [0.1, 0.15) is 5.75 Å². The zero-order valence-corrected chi connectivity index (χ0v) is 15.0. The lowest BCUT2D eigenvalue weighted by Gasteiger charge is -2.13. The highest BCUT2D eigenvalue weighted by molar-refractivity contribution is 8.00. The summed E-state index contributed by atoms with van der Waals surface area (Å²) in [5.41, 5.74) is 0.162. The van der Waals surface area contributed by atoms with Crippen LogP contribution in [0.2, 0.25) is 0 Å². The minimum Gasteiger partial charge on any atom is -0.433 e. The number of hydrogen-bond donors (Lipinski definition) is 1. The molecule has 0 aliphatic heterocycles. The third kappa shape index (κ3) is 4.58. The molecule has 0 aliphatic carbocycles. The number of nitrogens with one attached hydrogen (secondary N) is 1. The lowest BCUT2D eigenvalue weighted by atomic mass is 10.3. The van der Waals surface area contributed by atoms with E-state index in [1.54, 1.807) is 13.0 Å². The number of hydrogen-bond acceptors (Lipinski definition) is 7. The molecule has 2 heterocycles. The summed E-state index contributed by atoms with van der Waals surface area (Å²) in [6.45, 7) is -1.33. The number of benzene rings is 1. The Labute approximate surface area is 155 Å². The number of thioether (sulfide) groups is 1. The molecule has 0 fully saturated rings. The van der Waals surface area contributed by atoms with Crippen molar-refractivity contribution in [3.63, 3.8) is 0 Å². The number of halogens is 2. The van der Waals surface area contributed by atoms with Crippen molar-refractivity contribution in [2.24, 2.45) is 0 Å². The van der Waals surface area contributed by atoms with Crippen LogP contribution in [-0.2, 0) is 4.79 Å². The molecule has 26 heavy (non-hydrogen) atoms. The normalized spacial score (nSPS) is 12.2. The van der Waals surface area contributed by atoms with Gasteiger partial charge in [0.2, 0.25) is 5.91 Å². The van der Waals surface area contributed by atoms with E-state index in [2.05, 4.69) is 20.3 Å². The van der Waals surface area contributed by atoms with Crippen molar-refractivity contribution in [2.45, 2.75) is 24.0 Å². The molecule has 0 radical (unpaired) electrons. The molecular weight excluding hydrogens is 384 g/mol. The molecule has 2 aromatic heterocycles. The van der Waals surface area contributed by atoms with E-state index < -0.39 is 17.8 Å². The fourth-order valence-electron chi connectivity index (χ4n) is 1.96. The first-order valence-corrected chi connectivity index (χ1v) is 9.17. The van der Waals surface area contributed by atoms with E-state index in [-0.39, 0.29) is 16.7 Å². The van der Waals surface area contributed by atoms with E-state index in [1.165, 1.54) is 29.5 Å². The maximum Gasteiger partial charge on any atom is 0.387 e. The lowest BCUT2D eigenvalue weighted by molar-refractivity contribution is -0.115. The molecular formula is C16H13F2N3O3S2. The van der Waals surface area contributed by atoms with Gasteiger partial charge in [-0.3, -0.25) is 4.79 Å². The maximum atomic E-state index is 12.4. The minimum atomic E-state index is -2.98. The number of anilines is 1. The Balaban J connectivity index is 1.64. The van der Waals surface area contributed by atoms with E-state index in [9.17, 15) is 13.6 Å². The summed E-state index contributed by atoms with van der Waals surface area (Å²) in [7, 11) is 0. The van der Waals surface area contributed by atoms with E-state index >= 15 is 0 Å². The first kappa shape index (κ1) is 18.3. The largest absolute Gasteiger partial charge is 0.433 e. The van der Waals surface area contributed by atoms with Gasteiger partial charge >= 0.3 is 6.61 Å². The number of ether oxygens (including phenoxy) is 1. The second-order valence-corrected chi connectivity index (χ2v) is 7.21. The van der Waals surface area contributed by atoms with Crippen molar-refractivity contribution in [1.29, 1.82) is 0 Å². The molecule has 3 rings (SSSR count). The number of carbonyl (C=O) groups excluding carboxylic acids is 1. The van der Waals surface area contributed by atoms with Crippen molar-refractivity contribution in [3.8, 4) is 16.5 Å². The zero-order chi connectivity index (χ0) is 18.5. The third-order valence-corrected chi connectivity index (χ3v) is 4.94. The molecule has 1 atom stereocenters. The number of rotatable bonds is 7. The van der Waals surface area contributed by atoms with Crippen LogP contribution in [0.25, 0.3) is 10.8 Å². The highest BCUT2D eigenvalue weighted by Gasteiger charge is 2.20. The molecule has 10 heteroatoms. The van der Waals surface area contributed by atoms with Crippen molar-refractivity contribution in [1.82, 2.24) is 10.2 Å². The summed E-state index contributed by atoms with van der Waals surface area (Å²) in [6, 6.07) is 9.70. The fraction of sp³-hybridized carbons (Fsp3) is 0.188. The van der Waals surface area contributed by atoms with Gasteiger partial charge in [-0.25, -0.2) is 0 Å². The molecule has 0 aliphatic rings. The molecule has 0 saturated carbocycles. The Hall–Kier alpha value is -2.46. The molecule has 1 unspecified atom stereocenters. The second-order valence-electron chi connectivity index (χ2n) is 4.97.